The number of carbonyl (C=O) groups excluding carboxylic acids is 1. The lowest BCUT2D eigenvalue weighted by molar-refractivity contribution is -0.205. The summed E-state index contributed by atoms with van der Waals surface area (Å²) in [4.78, 5) is 12.9. The molecule has 156 valence electrons. The van der Waals surface area contributed by atoms with Crippen molar-refractivity contribution in [3.63, 3.8) is 0 Å². The molecule has 0 bridgehead atoms. The maximum atomic E-state index is 12.9. The number of ether oxygens (including phenoxy) is 1. The summed E-state index contributed by atoms with van der Waals surface area (Å²) in [5.74, 6) is -3.40. The lowest BCUT2D eigenvalue weighted by Crippen LogP contribution is -2.67. The molecule has 0 amide bonds. The van der Waals surface area contributed by atoms with Crippen molar-refractivity contribution in [2.45, 2.75) is 67.9 Å². The van der Waals surface area contributed by atoms with E-state index in [1.54, 1.807) is 13.8 Å². The van der Waals surface area contributed by atoms with Gasteiger partial charge >= 0.3 is 0 Å². The molecule has 6 N–H and O–H groups in total. The third-order valence-corrected chi connectivity index (χ3v) is 7.70. The van der Waals surface area contributed by atoms with Gasteiger partial charge < -0.3 is 35.4 Å². The number of hydrogen-bond donors (Lipinski definition) is 6. The van der Waals surface area contributed by atoms with Gasteiger partial charge in [0.2, 0.25) is 0 Å². The minimum Gasteiger partial charge on any atom is -0.393 e. The molecule has 8 nitrogen and oxygen atoms in total. The number of epoxide rings is 1. The molecule has 4 rings (SSSR count). The van der Waals surface area contributed by atoms with Gasteiger partial charge in [-0.3, -0.25) is 4.79 Å². The van der Waals surface area contributed by atoms with E-state index in [2.05, 4.69) is 6.58 Å². The SMILES string of the molecule is C=C(C)[C@]1(O)C[C@@H](C)[C@]2(O)C3=CC(C)C(=O)[C@@]3(O)[C@H](O)[C@@]3(CO)OC3C2[C@H]1O. The number of aliphatic hydroxyl groups is 6. The lowest BCUT2D eigenvalue weighted by Gasteiger charge is -2.55. The minimum atomic E-state index is -2.45. The Labute approximate surface area is 162 Å². The van der Waals surface area contributed by atoms with Crippen LogP contribution >= 0.6 is 0 Å². The van der Waals surface area contributed by atoms with E-state index >= 15 is 0 Å². The van der Waals surface area contributed by atoms with Gasteiger partial charge in [-0.15, -0.1) is 0 Å². The maximum absolute atomic E-state index is 12.9. The fourth-order valence-electron chi connectivity index (χ4n) is 5.90. The van der Waals surface area contributed by atoms with Crippen LogP contribution in [0.1, 0.15) is 27.2 Å². The smallest absolute Gasteiger partial charge is 0.178 e. The van der Waals surface area contributed by atoms with Crippen LogP contribution in [0.3, 0.4) is 0 Å². The fraction of sp³-hybridized carbons (Fsp3) is 0.750. The van der Waals surface area contributed by atoms with Crippen molar-refractivity contribution >= 4 is 5.78 Å². The number of carbonyl (C=O) groups is 1. The summed E-state index contributed by atoms with van der Waals surface area (Å²) in [6.45, 7) is 7.78. The molecule has 1 heterocycles. The van der Waals surface area contributed by atoms with Crippen LogP contribution in [-0.4, -0.2) is 83.7 Å². The molecule has 4 aliphatic rings. The largest absolute Gasteiger partial charge is 0.393 e. The average Bonchev–Trinajstić information content (AvgIpc) is 3.32. The highest BCUT2D eigenvalue weighted by molar-refractivity contribution is 5.98. The molecule has 1 saturated heterocycles. The van der Waals surface area contributed by atoms with Crippen molar-refractivity contribution in [1.82, 2.24) is 0 Å². The number of aliphatic hydroxyl groups excluding tert-OH is 3. The quantitative estimate of drug-likeness (QED) is 0.242. The molecule has 0 aromatic carbocycles. The van der Waals surface area contributed by atoms with E-state index in [4.69, 9.17) is 4.74 Å². The third kappa shape index (κ3) is 1.92. The van der Waals surface area contributed by atoms with Crippen LogP contribution in [0.4, 0.5) is 0 Å². The molecule has 3 unspecified atom stereocenters. The Bertz CT molecular complexity index is 793. The highest BCUT2D eigenvalue weighted by atomic mass is 16.6. The Kier molecular flexibility index (Phi) is 3.97. The average molecular weight is 396 g/mol. The second-order valence-corrected chi connectivity index (χ2v) is 9.16. The van der Waals surface area contributed by atoms with E-state index in [-0.39, 0.29) is 12.0 Å². The fourth-order valence-corrected chi connectivity index (χ4v) is 5.90. The van der Waals surface area contributed by atoms with Crippen LogP contribution in [-0.2, 0) is 9.53 Å². The summed E-state index contributed by atoms with van der Waals surface area (Å²) in [6, 6.07) is 0. The zero-order chi connectivity index (χ0) is 21.0. The summed E-state index contributed by atoms with van der Waals surface area (Å²) < 4.78 is 5.59. The maximum Gasteiger partial charge on any atom is 0.178 e. The number of hydrogen-bond acceptors (Lipinski definition) is 8. The molecular formula is C20H28O8. The summed E-state index contributed by atoms with van der Waals surface area (Å²) in [5.41, 5.74) is -7.63. The van der Waals surface area contributed by atoms with Crippen molar-refractivity contribution in [1.29, 1.82) is 0 Å². The molecule has 8 heteroatoms. The first-order chi connectivity index (χ1) is 12.8. The first kappa shape index (κ1) is 20.2. The van der Waals surface area contributed by atoms with E-state index in [0.717, 1.165) is 0 Å². The van der Waals surface area contributed by atoms with E-state index in [9.17, 15) is 35.4 Å². The molecule has 0 aromatic heterocycles. The van der Waals surface area contributed by atoms with Gasteiger partial charge in [-0.25, -0.2) is 0 Å². The second kappa shape index (κ2) is 5.51. The van der Waals surface area contributed by atoms with Crippen LogP contribution < -0.4 is 0 Å². The Morgan fingerprint density at radius 3 is 2.43 bits per heavy atom. The van der Waals surface area contributed by atoms with Crippen molar-refractivity contribution in [2.24, 2.45) is 17.8 Å². The number of allylic oxidation sites excluding steroid dienone is 1. The van der Waals surface area contributed by atoms with Gasteiger partial charge in [0, 0.05) is 11.5 Å². The van der Waals surface area contributed by atoms with Gasteiger partial charge in [-0.1, -0.05) is 26.5 Å². The van der Waals surface area contributed by atoms with E-state index < -0.39 is 70.9 Å². The van der Waals surface area contributed by atoms with Gasteiger partial charge in [-0.2, -0.15) is 0 Å². The normalized spacial score (nSPS) is 57.6. The predicted molar refractivity (Wildman–Crippen MR) is 95.9 cm³/mol. The minimum absolute atomic E-state index is 0.0680. The first-order valence-corrected chi connectivity index (χ1v) is 9.58. The van der Waals surface area contributed by atoms with Crippen LogP contribution in [0.15, 0.2) is 23.8 Å². The molecule has 0 radical (unpaired) electrons. The highest BCUT2D eigenvalue weighted by Gasteiger charge is 2.81. The molecule has 3 aliphatic carbocycles. The molecular weight excluding hydrogens is 368 g/mol. The summed E-state index contributed by atoms with van der Waals surface area (Å²) in [6.07, 6.45) is -3.10. The van der Waals surface area contributed by atoms with Gasteiger partial charge in [0.1, 0.15) is 23.4 Å². The third-order valence-electron chi connectivity index (χ3n) is 7.70. The van der Waals surface area contributed by atoms with Crippen LogP contribution in [0.2, 0.25) is 0 Å². The number of ketones is 1. The zero-order valence-electron chi connectivity index (χ0n) is 16.2. The molecule has 0 spiro atoms. The molecule has 0 aromatic rings. The van der Waals surface area contributed by atoms with E-state index in [0.29, 0.717) is 5.57 Å². The summed E-state index contributed by atoms with van der Waals surface area (Å²) in [5, 5.41) is 66.4. The Morgan fingerprint density at radius 2 is 1.89 bits per heavy atom. The number of fused-ring (bicyclic) bond motifs is 5. The van der Waals surface area contributed by atoms with Crippen molar-refractivity contribution in [2.75, 3.05) is 6.61 Å². The first-order valence-electron chi connectivity index (χ1n) is 9.58. The van der Waals surface area contributed by atoms with Crippen LogP contribution in [0.25, 0.3) is 0 Å². The summed E-state index contributed by atoms with van der Waals surface area (Å²) >= 11 is 0. The topological polar surface area (TPSA) is 151 Å². The van der Waals surface area contributed by atoms with Crippen molar-refractivity contribution in [3.05, 3.63) is 23.8 Å². The van der Waals surface area contributed by atoms with Gasteiger partial charge in [0.25, 0.3) is 0 Å². The highest BCUT2D eigenvalue weighted by Crippen LogP contribution is 2.64. The van der Waals surface area contributed by atoms with Crippen molar-refractivity contribution in [3.8, 4) is 0 Å². The molecule has 10 atom stereocenters. The predicted octanol–water partition coefficient (Wildman–Crippen LogP) is -1.58. The van der Waals surface area contributed by atoms with Gasteiger partial charge in [0.15, 0.2) is 11.4 Å². The molecule has 2 saturated carbocycles. The van der Waals surface area contributed by atoms with Crippen molar-refractivity contribution < 1.29 is 40.2 Å². The Morgan fingerprint density at radius 1 is 1.29 bits per heavy atom. The summed E-state index contributed by atoms with van der Waals surface area (Å²) in [7, 11) is 0. The van der Waals surface area contributed by atoms with Crippen LogP contribution in [0, 0.1) is 17.8 Å². The monoisotopic (exact) mass is 396 g/mol. The second-order valence-electron chi connectivity index (χ2n) is 9.16. The molecule has 28 heavy (non-hydrogen) atoms. The Hall–Kier alpha value is -1.13. The van der Waals surface area contributed by atoms with Gasteiger partial charge in [0.05, 0.1) is 24.2 Å². The molecule has 1 aliphatic heterocycles. The van der Waals surface area contributed by atoms with E-state index in [1.165, 1.54) is 13.0 Å². The number of Topliss-reactive ketones (excluding diaryl/α,β-unsaturated/α-hetero) is 1. The Balaban J connectivity index is 1.98. The van der Waals surface area contributed by atoms with E-state index in [1.807, 2.05) is 0 Å². The lowest BCUT2D eigenvalue weighted by atomic mass is 9.56. The zero-order valence-corrected chi connectivity index (χ0v) is 16.2. The standard InChI is InChI=1S/C20H28O8/c1-8(2)17(25)6-10(4)19(26)11-5-9(3)13(22)20(11,27)16(24)18(7-21)15(28-18)12(19)14(17)23/h5,9-10,12,14-16,21,23-27H,1,6-7H2,2-4H3/t9?,10-,12?,14-,15?,16-,17-,18+,19+,20-/m1/s1. The van der Waals surface area contributed by atoms with Crippen LogP contribution in [0.5, 0.6) is 0 Å². The van der Waals surface area contributed by atoms with Gasteiger partial charge in [-0.05, 0) is 24.8 Å². The number of rotatable bonds is 2. The molecule has 3 fully saturated rings.